The van der Waals surface area contributed by atoms with Crippen LogP contribution in [0.2, 0.25) is 0 Å². The van der Waals surface area contributed by atoms with Crippen molar-refractivity contribution in [3.63, 3.8) is 0 Å². The Balaban J connectivity index is 1.12. The van der Waals surface area contributed by atoms with Crippen molar-refractivity contribution in [1.29, 1.82) is 0 Å². The monoisotopic (exact) mass is 689 g/mol. The van der Waals surface area contributed by atoms with Crippen LogP contribution in [0, 0.1) is 0 Å². The Labute approximate surface area is 316 Å². The second-order valence-corrected chi connectivity index (χ2v) is 13.3. The summed E-state index contributed by atoms with van der Waals surface area (Å²) in [5.74, 6) is 1.88. The Hall–Kier alpha value is -7.23. The third-order valence-corrected chi connectivity index (χ3v) is 9.78. The molecule has 8 aromatic carbocycles. The third-order valence-electron chi connectivity index (χ3n) is 9.78. The minimum Gasteiger partial charge on any atom is -0.208 e. The van der Waals surface area contributed by atoms with Crippen molar-refractivity contribution in [3.8, 4) is 89.8 Å². The molecule has 0 amide bonds. The number of hydrogen-bond donors (Lipinski definition) is 0. The van der Waals surface area contributed by atoms with Crippen LogP contribution < -0.4 is 0 Å². The summed E-state index contributed by atoms with van der Waals surface area (Å²) in [7, 11) is 0. The highest BCUT2D eigenvalue weighted by atomic mass is 15.0. The lowest BCUT2D eigenvalue weighted by atomic mass is 9.94. The van der Waals surface area contributed by atoms with Gasteiger partial charge in [-0.05, 0) is 67.8 Å². The molecule has 0 spiro atoms. The van der Waals surface area contributed by atoms with Gasteiger partial charge in [-0.25, -0.2) is 15.0 Å². The van der Waals surface area contributed by atoms with Crippen LogP contribution in [0.5, 0.6) is 0 Å². The SMILES string of the molecule is c1ccc(-c2ccc(-c3cccc(-c4nc(-c5ccc(-c6ccccc6-c6ccccc6)cc5)nc(-c5cccc(-c6ccccc6)c5)n4)c3)cc2)cc1. The van der Waals surface area contributed by atoms with E-state index in [2.05, 4.69) is 200 Å². The molecule has 0 aliphatic heterocycles. The molecule has 1 heterocycles. The van der Waals surface area contributed by atoms with Crippen molar-refractivity contribution in [3.05, 3.63) is 212 Å². The molecule has 0 fully saturated rings. The van der Waals surface area contributed by atoms with Gasteiger partial charge < -0.3 is 0 Å². The highest BCUT2D eigenvalue weighted by molar-refractivity contribution is 5.84. The normalized spacial score (nSPS) is 11.0. The number of rotatable bonds is 8. The van der Waals surface area contributed by atoms with E-state index in [4.69, 9.17) is 15.0 Å². The fourth-order valence-electron chi connectivity index (χ4n) is 6.96. The fraction of sp³-hybridized carbons (Fsp3) is 0. The summed E-state index contributed by atoms with van der Waals surface area (Å²) < 4.78 is 0. The molecule has 9 rings (SSSR count). The van der Waals surface area contributed by atoms with E-state index in [1.165, 1.54) is 27.8 Å². The summed E-state index contributed by atoms with van der Waals surface area (Å²) in [5, 5.41) is 0. The second kappa shape index (κ2) is 14.8. The largest absolute Gasteiger partial charge is 0.208 e. The molecule has 0 N–H and O–H groups in total. The number of aromatic nitrogens is 3. The number of benzene rings is 8. The van der Waals surface area contributed by atoms with Crippen molar-refractivity contribution in [1.82, 2.24) is 15.0 Å². The molecular weight excluding hydrogens is 655 g/mol. The van der Waals surface area contributed by atoms with Gasteiger partial charge >= 0.3 is 0 Å². The van der Waals surface area contributed by atoms with Crippen molar-refractivity contribution in [2.75, 3.05) is 0 Å². The zero-order valence-electron chi connectivity index (χ0n) is 29.5. The van der Waals surface area contributed by atoms with E-state index in [0.717, 1.165) is 44.5 Å². The third kappa shape index (κ3) is 6.87. The zero-order chi connectivity index (χ0) is 36.1. The minimum absolute atomic E-state index is 0.626. The van der Waals surface area contributed by atoms with E-state index < -0.39 is 0 Å². The zero-order valence-corrected chi connectivity index (χ0v) is 29.5. The molecule has 9 aromatic rings. The lowest BCUT2D eigenvalue weighted by molar-refractivity contribution is 1.07. The molecule has 0 aliphatic rings. The Morgan fingerprint density at radius 1 is 0.185 bits per heavy atom. The van der Waals surface area contributed by atoms with E-state index in [9.17, 15) is 0 Å². The van der Waals surface area contributed by atoms with Gasteiger partial charge in [0.1, 0.15) is 0 Å². The fourth-order valence-corrected chi connectivity index (χ4v) is 6.96. The standard InChI is InChI=1S/C51H35N3/c1-4-14-36(15-5-1)38-26-28-39(29-27-38)44-21-13-23-46(35-44)51-53-49(52-50(54-51)45-22-12-20-43(34-45)37-16-6-2-7-17-37)42-32-30-41(31-33-42)48-25-11-10-24-47(48)40-18-8-3-9-19-40/h1-35H. The predicted molar refractivity (Wildman–Crippen MR) is 223 cm³/mol. The summed E-state index contributed by atoms with van der Waals surface area (Å²) in [6.45, 7) is 0. The highest BCUT2D eigenvalue weighted by Crippen LogP contribution is 2.34. The minimum atomic E-state index is 0.626. The van der Waals surface area contributed by atoms with Crippen LogP contribution in [0.1, 0.15) is 0 Å². The molecule has 3 heteroatoms. The van der Waals surface area contributed by atoms with Gasteiger partial charge in [-0.15, -0.1) is 0 Å². The molecule has 1 aromatic heterocycles. The Morgan fingerprint density at radius 3 is 0.944 bits per heavy atom. The van der Waals surface area contributed by atoms with E-state index in [0.29, 0.717) is 17.5 Å². The first-order valence-corrected chi connectivity index (χ1v) is 18.2. The molecule has 0 aliphatic carbocycles. The van der Waals surface area contributed by atoms with Crippen LogP contribution in [0.3, 0.4) is 0 Å². The Kier molecular flexibility index (Phi) is 8.94. The van der Waals surface area contributed by atoms with Crippen molar-refractivity contribution in [2.45, 2.75) is 0 Å². The lowest BCUT2D eigenvalue weighted by Crippen LogP contribution is -2.00. The maximum absolute atomic E-state index is 5.11. The van der Waals surface area contributed by atoms with Gasteiger partial charge in [-0.1, -0.05) is 200 Å². The molecule has 3 nitrogen and oxygen atoms in total. The first kappa shape index (κ1) is 32.7. The molecule has 0 radical (unpaired) electrons. The summed E-state index contributed by atoms with van der Waals surface area (Å²) in [6.07, 6.45) is 0. The van der Waals surface area contributed by atoms with Gasteiger partial charge in [0.2, 0.25) is 0 Å². The average Bonchev–Trinajstić information content (AvgIpc) is 3.27. The van der Waals surface area contributed by atoms with Crippen LogP contribution >= 0.6 is 0 Å². The molecule has 0 bridgehead atoms. The number of hydrogen-bond acceptors (Lipinski definition) is 3. The highest BCUT2D eigenvalue weighted by Gasteiger charge is 2.15. The van der Waals surface area contributed by atoms with Gasteiger partial charge in [0.05, 0.1) is 0 Å². The van der Waals surface area contributed by atoms with Crippen LogP contribution in [0.25, 0.3) is 89.8 Å². The molecule has 54 heavy (non-hydrogen) atoms. The molecule has 0 saturated heterocycles. The molecule has 0 unspecified atom stereocenters. The van der Waals surface area contributed by atoms with Crippen LogP contribution in [-0.4, -0.2) is 15.0 Å². The van der Waals surface area contributed by atoms with Crippen LogP contribution in [-0.2, 0) is 0 Å². The topological polar surface area (TPSA) is 38.7 Å². The van der Waals surface area contributed by atoms with Crippen molar-refractivity contribution >= 4 is 0 Å². The average molecular weight is 690 g/mol. The molecule has 254 valence electrons. The first-order chi connectivity index (χ1) is 26.7. The number of nitrogens with zero attached hydrogens (tertiary/aromatic N) is 3. The quantitative estimate of drug-likeness (QED) is 0.159. The van der Waals surface area contributed by atoms with Crippen molar-refractivity contribution < 1.29 is 0 Å². The summed E-state index contributed by atoms with van der Waals surface area (Å²) >= 11 is 0. The second-order valence-electron chi connectivity index (χ2n) is 13.3. The van der Waals surface area contributed by atoms with E-state index >= 15 is 0 Å². The lowest BCUT2D eigenvalue weighted by Gasteiger charge is -2.12. The molecule has 0 saturated carbocycles. The van der Waals surface area contributed by atoms with Gasteiger partial charge in [0.15, 0.2) is 17.5 Å². The molecular formula is C51H35N3. The predicted octanol–water partition coefficient (Wildman–Crippen LogP) is 13.2. The van der Waals surface area contributed by atoms with Gasteiger partial charge in [-0.3, -0.25) is 0 Å². The van der Waals surface area contributed by atoms with Gasteiger partial charge in [-0.2, -0.15) is 0 Å². The maximum Gasteiger partial charge on any atom is 0.164 e. The molecule has 0 atom stereocenters. The van der Waals surface area contributed by atoms with Crippen LogP contribution in [0.4, 0.5) is 0 Å². The summed E-state index contributed by atoms with van der Waals surface area (Å²) in [4.78, 5) is 15.3. The van der Waals surface area contributed by atoms with Crippen molar-refractivity contribution in [2.24, 2.45) is 0 Å². The van der Waals surface area contributed by atoms with E-state index in [-0.39, 0.29) is 0 Å². The summed E-state index contributed by atoms with van der Waals surface area (Å²) in [6, 6.07) is 74.1. The Morgan fingerprint density at radius 2 is 0.463 bits per heavy atom. The van der Waals surface area contributed by atoms with Gasteiger partial charge in [0.25, 0.3) is 0 Å². The smallest absolute Gasteiger partial charge is 0.164 e. The van der Waals surface area contributed by atoms with Crippen LogP contribution in [0.15, 0.2) is 212 Å². The first-order valence-electron chi connectivity index (χ1n) is 18.2. The maximum atomic E-state index is 5.11. The van der Waals surface area contributed by atoms with E-state index in [1.54, 1.807) is 0 Å². The summed E-state index contributed by atoms with van der Waals surface area (Å²) in [5.41, 5.74) is 14.4. The van der Waals surface area contributed by atoms with Gasteiger partial charge in [0, 0.05) is 16.7 Å². The Bertz CT molecular complexity index is 2670. The van der Waals surface area contributed by atoms with E-state index in [1.807, 2.05) is 12.1 Å².